The summed E-state index contributed by atoms with van der Waals surface area (Å²) in [5, 5.41) is 38.4. The molecule has 2 N–H and O–H groups in total. The maximum atomic E-state index is 10.5. The molecule has 2 unspecified atom stereocenters. The van der Waals surface area contributed by atoms with E-state index >= 15 is 0 Å². The van der Waals surface area contributed by atoms with Crippen LogP contribution in [0.4, 0.5) is 0 Å². The van der Waals surface area contributed by atoms with Gasteiger partial charge in [0.1, 0.15) is 0 Å². The fourth-order valence-electron chi connectivity index (χ4n) is 2.00. The van der Waals surface area contributed by atoms with Crippen molar-refractivity contribution in [1.82, 2.24) is 0 Å². The van der Waals surface area contributed by atoms with Crippen LogP contribution in [0.3, 0.4) is 0 Å². The fraction of sp³-hybridized carbons (Fsp3) is 0.222. The van der Waals surface area contributed by atoms with Crippen molar-refractivity contribution in [2.24, 2.45) is 0 Å². The average Bonchev–Trinajstić information content (AvgIpc) is 2.58. The monoisotopic (exact) mass is 450 g/mol. The minimum atomic E-state index is -1.25. The van der Waals surface area contributed by atoms with Gasteiger partial charge in [0, 0.05) is 11.8 Å². The van der Waals surface area contributed by atoms with E-state index in [-0.39, 0.29) is 23.9 Å². The van der Waals surface area contributed by atoms with Gasteiger partial charge in [-0.2, -0.15) is 0 Å². The molecule has 0 aliphatic heterocycles. The molecule has 2 atom stereocenters. The van der Waals surface area contributed by atoms with Crippen LogP contribution in [0.15, 0.2) is 60.7 Å². The molecule has 7 heteroatoms. The van der Waals surface area contributed by atoms with Crippen LogP contribution in [0.5, 0.6) is 0 Å². The van der Waals surface area contributed by atoms with Crippen LogP contribution in [0.2, 0.25) is 0 Å². The number of carboxylic acids is 2. The largest absolute Gasteiger partial charge is 2.00 e. The summed E-state index contributed by atoms with van der Waals surface area (Å²) in [7, 11) is 0. The van der Waals surface area contributed by atoms with E-state index in [1.807, 2.05) is 0 Å². The topological polar surface area (TPSA) is 121 Å². The fourth-order valence-corrected chi connectivity index (χ4v) is 2.00. The second kappa shape index (κ2) is 12.5. The summed E-state index contributed by atoms with van der Waals surface area (Å²) >= 11 is 0. The van der Waals surface area contributed by atoms with Crippen molar-refractivity contribution in [3.8, 4) is 0 Å². The second-order valence-corrected chi connectivity index (χ2v) is 4.93. The van der Waals surface area contributed by atoms with Crippen molar-refractivity contribution in [2.75, 3.05) is 13.2 Å². The molecule has 2 aromatic carbocycles. The summed E-state index contributed by atoms with van der Waals surface area (Å²) in [4.78, 5) is 20.9. The molecule has 2 rings (SSSR count). The van der Waals surface area contributed by atoms with Gasteiger partial charge in [-0.1, -0.05) is 60.7 Å². The first-order valence-corrected chi connectivity index (χ1v) is 7.24. The summed E-state index contributed by atoms with van der Waals surface area (Å²) in [5.74, 6) is -4.31. The Morgan fingerprint density at radius 1 is 0.720 bits per heavy atom. The van der Waals surface area contributed by atoms with Crippen molar-refractivity contribution >= 4 is 35.8 Å². The third-order valence-corrected chi connectivity index (χ3v) is 3.34. The van der Waals surface area contributed by atoms with E-state index in [1.165, 1.54) is 0 Å². The molecule has 0 heterocycles. The molecule has 0 aliphatic rings. The van der Waals surface area contributed by atoms with Gasteiger partial charge in [-0.05, 0) is 11.1 Å². The maximum Gasteiger partial charge on any atom is 2.00 e. The number of aliphatic hydroxyl groups excluding tert-OH is 2. The number of benzene rings is 2. The zero-order valence-corrected chi connectivity index (χ0v) is 16.2. The number of rotatable bonds is 6. The molecule has 25 heavy (non-hydrogen) atoms. The smallest absolute Gasteiger partial charge is 0.549 e. The van der Waals surface area contributed by atoms with E-state index < -0.39 is 37.0 Å². The average molecular weight is 449 g/mol. The molecule has 0 saturated carbocycles. The van der Waals surface area contributed by atoms with Crippen molar-refractivity contribution < 1.29 is 30.0 Å². The van der Waals surface area contributed by atoms with Gasteiger partial charge in [0.05, 0.1) is 25.2 Å². The number of hydrogen-bond donors (Lipinski definition) is 2. The number of carbonyl (C=O) groups excluding carboxylic acids is 2. The SMILES string of the molecule is O=C([O-])C(CO)c1ccccc1.O=C([O-])C(CO)c1ccccc1.[Sn+2]. The van der Waals surface area contributed by atoms with Gasteiger partial charge in [0.15, 0.2) is 0 Å². The molecule has 0 fully saturated rings. The minimum Gasteiger partial charge on any atom is -0.549 e. The zero-order chi connectivity index (χ0) is 17.9. The van der Waals surface area contributed by atoms with Gasteiger partial charge < -0.3 is 30.0 Å². The van der Waals surface area contributed by atoms with Gasteiger partial charge in [-0.3, -0.25) is 0 Å². The molecule has 130 valence electrons. The third kappa shape index (κ3) is 7.68. The number of aliphatic hydroxyl groups is 2. The van der Waals surface area contributed by atoms with Crippen LogP contribution in [0.1, 0.15) is 23.0 Å². The van der Waals surface area contributed by atoms with Crippen LogP contribution >= 0.6 is 0 Å². The van der Waals surface area contributed by atoms with Gasteiger partial charge in [-0.15, -0.1) is 0 Å². The predicted octanol–water partition coefficient (Wildman–Crippen LogP) is -1.36. The Hall–Kier alpha value is -1.90. The van der Waals surface area contributed by atoms with Crippen LogP contribution in [0.25, 0.3) is 0 Å². The minimum absolute atomic E-state index is 0. The molecular formula is C18H18O6Sn. The molecule has 0 aliphatic carbocycles. The third-order valence-electron chi connectivity index (χ3n) is 3.34. The zero-order valence-electron chi connectivity index (χ0n) is 13.4. The standard InChI is InChI=1S/2C9H10O3.Sn/c2*10-6-8(9(11)12)7-4-2-1-3-5-7;/h2*1-5,8,10H,6H2,(H,11,12);/q;;+2/p-2. The van der Waals surface area contributed by atoms with E-state index in [9.17, 15) is 19.8 Å². The molecule has 0 saturated heterocycles. The van der Waals surface area contributed by atoms with E-state index in [2.05, 4.69) is 0 Å². The van der Waals surface area contributed by atoms with Gasteiger partial charge >= 0.3 is 23.9 Å². The van der Waals surface area contributed by atoms with Crippen molar-refractivity contribution in [2.45, 2.75) is 11.8 Å². The normalized spacial score (nSPS) is 11.9. The van der Waals surface area contributed by atoms with E-state index in [0.29, 0.717) is 11.1 Å². The molecule has 0 amide bonds. The number of hydrogen-bond acceptors (Lipinski definition) is 6. The number of aliphatic carboxylic acids is 2. The molecule has 2 radical (unpaired) electrons. The Morgan fingerprint density at radius 2 is 1.00 bits per heavy atom. The Labute approximate surface area is 162 Å². The molecule has 2 aromatic rings. The Morgan fingerprint density at radius 3 is 1.20 bits per heavy atom. The van der Waals surface area contributed by atoms with Gasteiger partial charge in [-0.25, -0.2) is 0 Å². The summed E-state index contributed by atoms with van der Waals surface area (Å²) in [6.07, 6.45) is 0. The van der Waals surface area contributed by atoms with E-state index in [1.54, 1.807) is 60.7 Å². The van der Waals surface area contributed by atoms with E-state index in [0.717, 1.165) is 0 Å². The first-order valence-electron chi connectivity index (χ1n) is 7.24. The first-order chi connectivity index (χ1) is 11.5. The molecule has 0 aromatic heterocycles. The van der Waals surface area contributed by atoms with Crippen LogP contribution in [0, 0.1) is 0 Å². The van der Waals surface area contributed by atoms with Crippen LogP contribution in [-0.2, 0) is 9.59 Å². The first kappa shape index (κ1) is 23.1. The second-order valence-electron chi connectivity index (χ2n) is 4.93. The van der Waals surface area contributed by atoms with Crippen molar-refractivity contribution in [3.63, 3.8) is 0 Å². The summed E-state index contributed by atoms with van der Waals surface area (Å²) in [5.41, 5.74) is 1.14. The summed E-state index contributed by atoms with van der Waals surface area (Å²) in [6.45, 7) is -0.849. The Balaban J connectivity index is 0.000000443. The molecular weight excluding hydrogens is 431 g/mol. The van der Waals surface area contributed by atoms with Crippen molar-refractivity contribution in [1.29, 1.82) is 0 Å². The quantitative estimate of drug-likeness (QED) is 0.527. The Kier molecular flexibility index (Phi) is 11.5. The van der Waals surface area contributed by atoms with Gasteiger partial charge in [0.25, 0.3) is 0 Å². The predicted molar refractivity (Wildman–Crippen MR) is 88.3 cm³/mol. The summed E-state index contributed by atoms with van der Waals surface area (Å²) in [6, 6.07) is 17.1. The van der Waals surface area contributed by atoms with Gasteiger partial charge in [0.2, 0.25) is 0 Å². The number of carboxylic acid groups (broad SMARTS) is 2. The molecule has 0 spiro atoms. The van der Waals surface area contributed by atoms with Crippen LogP contribution in [-0.4, -0.2) is 59.3 Å². The molecule has 6 nitrogen and oxygen atoms in total. The van der Waals surface area contributed by atoms with Crippen LogP contribution < -0.4 is 10.2 Å². The number of carbonyl (C=O) groups is 2. The molecule has 0 bridgehead atoms. The summed E-state index contributed by atoms with van der Waals surface area (Å²) < 4.78 is 0. The Bertz CT molecular complexity index is 575. The van der Waals surface area contributed by atoms with E-state index in [4.69, 9.17) is 10.2 Å². The van der Waals surface area contributed by atoms with Crippen molar-refractivity contribution in [3.05, 3.63) is 71.8 Å². The maximum absolute atomic E-state index is 10.5.